The lowest BCUT2D eigenvalue weighted by Gasteiger charge is -2.32. The zero-order valence-corrected chi connectivity index (χ0v) is 9.63. The number of rotatable bonds is 2. The third-order valence-corrected chi connectivity index (χ3v) is 3.62. The van der Waals surface area contributed by atoms with Gasteiger partial charge in [0.05, 0.1) is 19.5 Å². The molecule has 2 aliphatic rings. The average Bonchev–Trinajstić information content (AvgIpc) is 2.88. The minimum absolute atomic E-state index is 0.591. The zero-order valence-electron chi connectivity index (χ0n) is 9.63. The normalized spacial score (nSPS) is 28.8. The molecule has 2 bridgehead atoms. The van der Waals surface area contributed by atoms with Crippen LogP contribution in [0.25, 0.3) is 0 Å². The van der Waals surface area contributed by atoms with Crippen molar-refractivity contribution < 1.29 is 4.74 Å². The van der Waals surface area contributed by atoms with Crippen LogP contribution >= 0.6 is 0 Å². The minimum Gasteiger partial charge on any atom is -0.480 e. The van der Waals surface area contributed by atoms with Gasteiger partial charge in [-0.2, -0.15) is 4.98 Å². The fourth-order valence-corrected chi connectivity index (χ4v) is 2.72. The Bertz CT molecular complexity index is 395. The van der Waals surface area contributed by atoms with Gasteiger partial charge in [-0.15, -0.1) is 0 Å². The van der Waals surface area contributed by atoms with Crippen molar-refractivity contribution in [1.82, 2.24) is 14.9 Å². The van der Waals surface area contributed by atoms with Crippen LogP contribution in [-0.4, -0.2) is 54.2 Å². The van der Waals surface area contributed by atoms with Gasteiger partial charge in [0.2, 0.25) is 5.88 Å². The fraction of sp³-hybridized carbons (Fsp3) is 0.636. The Morgan fingerprint density at radius 2 is 2.19 bits per heavy atom. The number of likely N-dealkylation sites (tertiary alicyclic amines) is 1. The summed E-state index contributed by atoms with van der Waals surface area (Å²) in [6, 6.07) is 1.27. The Hall–Kier alpha value is -1.36. The third-order valence-electron chi connectivity index (χ3n) is 3.62. The number of hydrogen-bond acceptors (Lipinski definition) is 5. The van der Waals surface area contributed by atoms with E-state index in [0.717, 1.165) is 18.9 Å². The number of anilines is 1. The zero-order chi connectivity index (χ0) is 11.1. The highest BCUT2D eigenvalue weighted by molar-refractivity contribution is 5.42. The van der Waals surface area contributed by atoms with Crippen molar-refractivity contribution in [2.75, 3.05) is 32.1 Å². The predicted molar refractivity (Wildman–Crippen MR) is 60.8 cm³/mol. The molecule has 0 aromatic carbocycles. The maximum Gasteiger partial charge on any atom is 0.233 e. The number of nitrogens with zero attached hydrogens (tertiary/aromatic N) is 4. The molecule has 2 unspecified atom stereocenters. The van der Waals surface area contributed by atoms with E-state index in [0.29, 0.717) is 18.0 Å². The van der Waals surface area contributed by atoms with Crippen molar-refractivity contribution >= 4 is 5.82 Å². The first-order valence-corrected chi connectivity index (χ1v) is 5.61. The van der Waals surface area contributed by atoms with Gasteiger partial charge in [0.25, 0.3) is 0 Å². The lowest BCUT2D eigenvalue weighted by atomic mass is 10.2. The molecule has 3 heterocycles. The Labute approximate surface area is 95.0 Å². The molecule has 5 heteroatoms. The first kappa shape index (κ1) is 9.84. The summed E-state index contributed by atoms with van der Waals surface area (Å²) >= 11 is 0. The molecule has 0 radical (unpaired) electrons. The molecule has 2 aliphatic heterocycles. The summed E-state index contributed by atoms with van der Waals surface area (Å²) in [5, 5.41) is 0. The molecule has 5 nitrogen and oxygen atoms in total. The molecule has 86 valence electrons. The third kappa shape index (κ3) is 1.43. The fourth-order valence-electron chi connectivity index (χ4n) is 2.72. The van der Waals surface area contributed by atoms with Crippen molar-refractivity contribution in [3.63, 3.8) is 0 Å². The average molecular weight is 220 g/mol. The van der Waals surface area contributed by atoms with Crippen LogP contribution in [-0.2, 0) is 0 Å². The van der Waals surface area contributed by atoms with E-state index < -0.39 is 0 Å². The molecule has 2 fully saturated rings. The molecule has 0 spiro atoms. The van der Waals surface area contributed by atoms with Crippen LogP contribution in [0.4, 0.5) is 5.82 Å². The number of aromatic nitrogens is 2. The molecular weight excluding hydrogens is 204 g/mol. The first-order chi connectivity index (χ1) is 7.78. The summed E-state index contributed by atoms with van der Waals surface area (Å²) < 4.78 is 5.10. The summed E-state index contributed by atoms with van der Waals surface area (Å²) in [5.41, 5.74) is 0. The number of ether oxygens (including phenoxy) is 1. The van der Waals surface area contributed by atoms with Gasteiger partial charge in [-0.1, -0.05) is 0 Å². The quantitative estimate of drug-likeness (QED) is 0.720. The Kier molecular flexibility index (Phi) is 2.21. The van der Waals surface area contributed by atoms with Crippen LogP contribution in [0.15, 0.2) is 12.4 Å². The van der Waals surface area contributed by atoms with Crippen LogP contribution < -0.4 is 9.64 Å². The van der Waals surface area contributed by atoms with Gasteiger partial charge in [-0.05, 0) is 13.5 Å². The smallest absolute Gasteiger partial charge is 0.233 e. The van der Waals surface area contributed by atoms with Gasteiger partial charge in [0, 0.05) is 25.2 Å². The first-order valence-electron chi connectivity index (χ1n) is 5.61. The van der Waals surface area contributed by atoms with Crippen LogP contribution in [0.1, 0.15) is 6.42 Å². The van der Waals surface area contributed by atoms with Crippen LogP contribution in [0, 0.1) is 0 Å². The minimum atomic E-state index is 0.591. The summed E-state index contributed by atoms with van der Waals surface area (Å²) in [4.78, 5) is 13.4. The van der Waals surface area contributed by atoms with E-state index in [-0.39, 0.29) is 0 Å². The van der Waals surface area contributed by atoms with Crippen molar-refractivity contribution in [2.24, 2.45) is 0 Å². The Morgan fingerprint density at radius 1 is 1.31 bits per heavy atom. The molecule has 1 aromatic heterocycles. The van der Waals surface area contributed by atoms with E-state index >= 15 is 0 Å². The SMILES string of the molecule is COc1cncc(N2CC3CC2CN3C)n1. The maximum absolute atomic E-state index is 5.10. The number of fused-ring (bicyclic) bond motifs is 2. The van der Waals surface area contributed by atoms with Gasteiger partial charge >= 0.3 is 0 Å². The molecule has 0 amide bonds. The van der Waals surface area contributed by atoms with Gasteiger partial charge < -0.3 is 9.64 Å². The molecular formula is C11H16N4O. The highest BCUT2D eigenvalue weighted by Gasteiger charge is 2.42. The lowest BCUT2D eigenvalue weighted by molar-refractivity contribution is 0.291. The second-order valence-corrected chi connectivity index (χ2v) is 4.55. The molecule has 0 aliphatic carbocycles. The second-order valence-electron chi connectivity index (χ2n) is 4.55. The van der Waals surface area contributed by atoms with Crippen LogP contribution in [0.3, 0.4) is 0 Å². The van der Waals surface area contributed by atoms with Crippen molar-refractivity contribution in [2.45, 2.75) is 18.5 Å². The monoisotopic (exact) mass is 220 g/mol. The summed E-state index contributed by atoms with van der Waals surface area (Å²) in [7, 11) is 3.82. The van der Waals surface area contributed by atoms with Crippen molar-refractivity contribution in [3.05, 3.63) is 12.4 Å². The van der Waals surface area contributed by atoms with E-state index in [1.54, 1.807) is 13.3 Å². The molecule has 1 aromatic rings. The van der Waals surface area contributed by atoms with Gasteiger partial charge in [0.15, 0.2) is 5.82 Å². The highest BCUT2D eigenvalue weighted by Crippen LogP contribution is 2.32. The Balaban J connectivity index is 1.83. The van der Waals surface area contributed by atoms with E-state index in [1.165, 1.54) is 6.42 Å². The topological polar surface area (TPSA) is 41.5 Å². The summed E-state index contributed by atoms with van der Waals surface area (Å²) in [6.45, 7) is 2.19. The number of methoxy groups -OCH3 is 1. The largest absolute Gasteiger partial charge is 0.480 e. The van der Waals surface area contributed by atoms with E-state index in [4.69, 9.17) is 4.74 Å². The van der Waals surface area contributed by atoms with Gasteiger partial charge in [0.1, 0.15) is 0 Å². The highest BCUT2D eigenvalue weighted by atomic mass is 16.5. The van der Waals surface area contributed by atoms with Gasteiger partial charge in [-0.3, -0.25) is 9.88 Å². The molecule has 2 saturated heterocycles. The van der Waals surface area contributed by atoms with E-state index in [9.17, 15) is 0 Å². The summed E-state index contributed by atoms with van der Waals surface area (Å²) in [5.74, 6) is 1.54. The van der Waals surface area contributed by atoms with E-state index in [1.807, 2.05) is 6.20 Å². The number of hydrogen-bond donors (Lipinski definition) is 0. The predicted octanol–water partition coefficient (Wildman–Crippen LogP) is 0.378. The van der Waals surface area contributed by atoms with Crippen molar-refractivity contribution in [3.8, 4) is 5.88 Å². The summed E-state index contributed by atoms with van der Waals surface area (Å²) in [6.07, 6.45) is 4.71. The molecule has 3 rings (SSSR count). The molecule has 2 atom stereocenters. The number of likely N-dealkylation sites (N-methyl/N-ethyl adjacent to an activating group) is 1. The van der Waals surface area contributed by atoms with Crippen molar-refractivity contribution in [1.29, 1.82) is 0 Å². The standard InChI is InChI=1S/C11H16N4O/c1-14-6-9-3-8(14)7-15(9)10-4-12-5-11(13-10)16-2/h4-5,8-9H,3,6-7H2,1-2H3. The molecule has 16 heavy (non-hydrogen) atoms. The maximum atomic E-state index is 5.10. The lowest BCUT2D eigenvalue weighted by Crippen LogP contribution is -2.44. The number of piperazine rings is 1. The molecule has 0 saturated carbocycles. The van der Waals surface area contributed by atoms with Crippen LogP contribution in [0.2, 0.25) is 0 Å². The van der Waals surface area contributed by atoms with E-state index in [2.05, 4.69) is 26.8 Å². The second kappa shape index (κ2) is 3.59. The molecule has 0 N–H and O–H groups in total. The Morgan fingerprint density at radius 3 is 2.81 bits per heavy atom. The van der Waals surface area contributed by atoms with Crippen LogP contribution in [0.5, 0.6) is 5.88 Å². The van der Waals surface area contributed by atoms with Gasteiger partial charge in [-0.25, -0.2) is 0 Å².